The molecule has 0 atom stereocenters. The van der Waals surface area contributed by atoms with Crippen molar-refractivity contribution in [3.63, 3.8) is 0 Å². The lowest BCUT2D eigenvalue weighted by atomic mass is 10.1. The number of aliphatic hydroxyl groups is 1. The molecule has 29 heavy (non-hydrogen) atoms. The monoisotopic (exact) mass is 426 g/mol. The van der Waals surface area contributed by atoms with Gasteiger partial charge in [-0.2, -0.15) is 5.10 Å². The number of aromatic nitrogens is 4. The zero-order chi connectivity index (χ0) is 20.0. The van der Waals surface area contributed by atoms with Crippen molar-refractivity contribution < 1.29 is 5.11 Å². The minimum Gasteiger partial charge on any atom is -0.389 e. The van der Waals surface area contributed by atoms with E-state index in [1.807, 2.05) is 24.4 Å². The fourth-order valence-corrected chi connectivity index (χ4v) is 3.91. The number of aliphatic hydroxyl groups excluding tert-OH is 1. The molecule has 0 bridgehead atoms. The highest BCUT2D eigenvalue weighted by Gasteiger charge is 2.24. The van der Waals surface area contributed by atoms with Crippen molar-refractivity contribution in [1.29, 1.82) is 0 Å². The normalized spacial score (nSPS) is 14.2. The van der Waals surface area contributed by atoms with Crippen LogP contribution in [-0.4, -0.2) is 44.0 Å². The zero-order valence-electron chi connectivity index (χ0n) is 15.1. The Hall–Kier alpha value is -2.87. The molecule has 0 unspecified atom stereocenters. The van der Waals surface area contributed by atoms with E-state index < -0.39 is 0 Å². The van der Waals surface area contributed by atoms with Crippen LogP contribution in [0.15, 0.2) is 55.0 Å². The molecule has 1 fully saturated rings. The molecule has 5 rings (SSSR count). The van der Waals surface area contributed by atoms with Crippen molar-refractivity contribution in [3.8, 4) is 5.69 Å². The number of pyridine rings is 2. The van der Waals surface area contributed by atoms with E-state index in [0.29, 0.717) is 40.5 Å². The molecule has 1 aromatic carbocycles. The summed E-state index contributed by atoms with van der Waals surface area (Å²) in [5, 5.41) is 19.2. The maximum absolute atomic E-state index is 9.53. The second-order valence-corrected chi connectivity index (χ2v) is 7.63. The summed E-state index contributed by atoms with van der Waals surface area (Å²) in [5.74, 6) is 1.29. The van der Waals surface area contributed by atoms with Gasteiger partial charge in [0.15, 0.2) is 0 Å². The minimum atomic E-state index is -0.266. The lowest BCUT2D eigenvalue weighted by Gasteiger charge is -2.37. The van der Waals surface area contributed by atoms with Crippen molar-refractivity contribution in [1.82, 2.24) is 19.7 Å². The maximum Gasteiger partial charge on any atom is 0.142 e. The molecule has 4 aromatic rings. The third kappa shape index (κ3) is 3.37. The van der Waals surface area contributed by atoms with E-state index in [4.69, 9.17) is 23.2 Å². The van der Waals surface area contributed by atoms with Crippen LogP contribution in [0.4, 0.5) is 17.3 Å². The first kappa shape index (κ1) is 18.2. The minimum absolute atomic E-state index is 0.266. The van der Waals surface area contributed by atoms with Crippen molar-refractivity contribution in [2.75, 3.05) is 23.3 Å². The SMILES string of the molecule is OC1CN(c2ccnc(Nc3nccc4nn(-c5c(Cl)cccc5Cl)cc34)c2)C1. The highest BCUT2D eigenvalue weighted by molar-refractivity contribution is 6.37. The Labute approximate surface area is 176 Å². The third-order valence-electron chi connectivity index (χ3n) is 4.82. The van der Waals surface area contributed by atoms with Gasteiger partial charge in [0.1, 0.15) is 17.3 Å². The van der Waals surface area contributed by atoms with E-state index in [0.717, 1.165) is 16.6 Å². The predicted molar refractivity (Wildman–Crippen MR) is 115 cm³/mol. The highest BCUT2D eigenvalue weighted by atomic mass is 35.5. The number of hydrogen-bond acceptors (Lipinski definition) is 6. The Morgan fingerprint density at radius 2 is 1.79 bits per heavy atom. The molecule has 2 N–H and O–H groups in total. The smallest absolute Gasteiger partial charge is 0.142 e. The summed E-state index contributed by atoms with van der Waals surface area (Å²) in [6.45, 7) is 1.26. The molecule has 0 amide bonds. The lowest BCUT2D eigenvalue weighted by molar-refractivity contribution is 0.142. The number of para-hydroxylation sites is 1. The number of anilines is 3. The molecular formula is C20H16Cl2N6O. The van der Waals surface area contributed by atoms with Gasteiger partial charge in [-0.15, -0.1) is 0 Å². The molecule has 7 nitrogen and oxygen atoms in total. The van der Waals surface area contributed by atoms with Gasteiger partial charge in [0.25, 0.3) is 0 Å². The molecule has 9 heteroatoms. The van der Waals surface area contributed by atoms with Crippen molar-refractivity contribution in [3.05, 3.63) is 65.0 Å². The molecule has 0 saturated carbocycles. The zero-order valence-corrected chi connectivity index (χ0v) is 16.6. The van der Waals surface area contributed by atoms with Gasteiger partial charge in [-0.25, -0.2) is 14.6 Å². The van der Waals surface area contributed by atoms with Gasteiger partial charge in [0.05, 0.1) is 27.1 Å². The summed E-state index contributed by atoms with van der Waals surface area (Å²) in [6.07, 6.45) is 4.99. The molecular weight excluding hydrogens is 411 g/mol. The topological polar surface area (TPSA) is 79.1 Å². The van der Waals surface area contributed by atoms with Crippen LogP contribution in [0.5, 0.6) is 0 Å². The van der Waals surface area contributed by atoms with E-state index in [1.54, 1.807) is 35.3 Å². The first-order valence-electron chi connectivity index (χ1n) is 9.03. The molecule has 1 aliphatic rings. The Kier molecular flexibility index (Phi) is 4.50. The largest absolute Gasteiger partial charge is 0.389 e. The Morgan fingerprint density at radius 3 is 2.55 bits per heavy atom. The first-order chi connectivity index (χ1) is 14.1. The van der Waals surface area contributed by atoms with Gasteiger partial charge in [-0.3, -0.25) is 0 Å². The van der Waals surface area contributed by atoms with Crippen LogP contribution in [0.2, 0.25) is 10.0 Å². The second-order valence-electron chi connectivity index (χ2n) is 6.82. The van der Waals surface area contributed by atoms with E-state index in [2.05, 4.69) is 25.3 Å². The van der Waals surface area contributed by atoms with Gasteiger partial charge in [0, 0.05) is 43.4 Å². The van der Waals surface area contributed by atoms with Crippen LogP contribution in [0, 0.1) is 0 Å². The van der Waals surface area contributed by atoms with Gasteiger partial charge in [-0.05, 0) is 24.3 Å². The van der Waals surface area contributed by atoms with Crippen LogP contribution in [-0.2, 0) is 0 Å². The van der Waals surface area contributed by atoms with Gasteiger partial charge >= 0.3 is 0 Å². The van der Waals surface area contributed by atoms with Crippen LogP contribution < -0.4 is 10.2 Å². The number of hydrogen-bond donors (Lipinski definition) is 2. The second kappa shape index (κ2) is 7.18. The Balaban J connectivity index is 1.50. The molecule has 1 saturated heterocycles. The van der Waals surface area contributed by atoms with Crippen LogP contribution >= 0.6 is 23.2 Å². The number of β-amino-alcohol motifs (C(OH)–C–C–N with tert-alkyl or cyclic N) is 1. The summed E-state index contributed by atoms with van der Waals surface area (Å²) in [5.41, 5.74) is 2.37. The summed E-state index contributed by atoms with van der Waals surface area (Å²) in [4.78, 5) is 10.9. The summed E-state index contributed by atoms with van der Waals surface area (Å²) in [6, 6.07) is 11.0. The van der Waals surface area contributed by atoms with Gasteiger partial charge in [0.2, 0.25) is 0 Å². The number of nitrogens with one attached hydrogen (secondary N) is 1. The highest BCUT2D eigenvalue weighted by Crippen LogP contribution is 2.31. The fourth-order valence-electron chi connectivity index (χ4n) is 3.34. The number of benzene rings is 1. The standard InChI is InChI=1S/C20H16Cl2N6O/c21-15-2-1-3-16(22)19(15)28-11-14-17(26-28)5-7-24-20(14)25-18-8-12(4-6-23-18)27-9-13(29)10-27/h1-8,11,13,29H,9-10H2,(H,23,24,25). The number of halogens is 2. The van der Waals surface area contributed by atoms with Crippen LogP contribution in [0.25, 0.3) is 16.6 Å². The van der Waals surface area contributed by atoms with Crippen LogP contribution in [0.3, 0.4) is 0 Å². The lowest BCUT2D eigenvalue weighted by Crippen LogP contribution is -2.50. The van der Waals surface area contributed by atoms with Gasteiger partial charge < -0.3 is 15.3 Å². The van der Waals surface area contributed by atoms with Crippen molar-refractivity contribution in [2.45, 2.75) is 6.10 Å². The number of rotatable bonds is 4. The number of nitrogens with zero attached hydrogens (tertiary/aromatic N) is 5. The predicted octanol–water partition coefficient (Wildman–Crippen LogP) is 4.05. The maximum atomic E-state index is 9.53. The molecule has 0 spiro atoms. The first-order valence-corrected chi connectivity index (χ1v) is 9.79. The average Bonchev–Trinajstić information content (AvgIpc) is 3.10. The molecule has 1 aliphatic heterocycles. The molecule has 0 aliphatic carbocycles. The number of fused-ring (bicyclic) bond motifs is 1. The Morgan fingerprint density at radius 1 is 1.03 bits per heavy atom. The summed E-state index contributed by atoms with van der Waals surface area (Å²) < 4.78 is 1.66. The van der Waals surface area contributed by atoms with E-state index in [-0.39, 0.29) is 6.10 Å². The van der Waals surface area contributed by atoms with E-state index in [9.17, 15) is 5.11 Å². The van der Waals surface area contributed by atoms with E-state index >= 15 is 0 Å². The molecule has 3 aromatic heterocycles. The summed E-state index contributed by atoms with van der Waals surface area (Å²) in [7, 11) is 0. The summed E-state index contributed by atoms with van der Waals surface area (Å²) >= 11 is 12.7. The fraction of sp³-hybridized carbons (Fsp3) is 0.150. The van der Waals surface area contributed by atoms with Gasteiger partial charge in [-0.1, -0.05) is 29.3 Å². The van der Waals surface area contributed by atoms with E-state index in [1.165, 1.54) is 0 Å². The molecule has 4 heterocycles. The van der Waals surface area contributed by atoms with Crippen LogP contribution in [0.1, 0.15) is 0 Å². The Bertz CT molecular complexity index is 1180. The van der Waals surface area contributed by atoms with Crippen molar-refractivity contribution >= 4 is 51.4 Å². The van der Waals surface area contributed by atoms with Crippen molar-refractivity contribution in [2.24, 2.45) is 0 Å². The molecule has 0 radical (unpaired) electrons. The average molecular weight is 427 g/mol. The molecule has 146 valence electrons. The quantitative estimate of drug-likeness (QED) is 0.512. The third-order valence-corrected chi connectivity index (χ3v) is 5.43.